The molecule has 7 nitrogen and oxygen atoms in total. The fourth-order valence-electron chi connectivity index (χ4n) is 4.19. The Kier molecular flexibility index (Phi) is 15.4. The standard InChI is InChI=1S/C24H46O7/c1-2-3-4-5-6-7-8-9-10-11-12-13-14-15-16-17-18(25)31-24-22(29)20(27)19(26)21(28)23(24)30/h19-24,26-30H,2-17H2,1H3. The van der Waals surface area contributed by atoms with Crippen molar-refractivity contribution < 1.29 is 35.1 Å². The third kappa shape index (κ3) is 11.1. The molecule has 184 valence electrons. The Hall–Kier alpha value is -0.730. The Morgan fingerprint density at radius 1 is 0.548 bits per heavy atom. The molecule has 0 aliphatic heterocycles. The van der Waals surface area contributed by atoms with E-state index in [1.54, 1.807) is 0 Å². The van der Waals surface area contributed by atoms with Crippen molar-refractivity contribution in [2.75, 3.05) is 0 Å². The summed E-state index contributed by atoms with van der Waals surface area (Å²) in [6.07, 6.45) is 8.84. The molecule has 0 heterocycles. The van der Waals surface area contributed by atoms with Crippen LogP contribution in [0.4, 0.5) is 0 Å². The van der Waals surface area contributed by atoms with E-state index in [1.807, 2.05) is 0 Å². The van der Waals surface area contributed by atoms with Gasteiger partial charge in [0.25, 0.3) is 0 Å². The van der Waals surface area contributed by atoms with E-state index >= 15 is 0 Å². The number of aliphatic hydroxyl groups is 5. The highest BCUT2D eigenvalue weighted by molar-refractivity contribution is 5.69. The Labute approximate surface area is 187 Å². The summed E-state index contributed by atoms with van der Waals surface area (Å²) >= 11 is 0. The molecular weight excluding hydrogens is 400 g/mol. The number of carbonyl (C=O) groups is 1. The Morgan fingerprint density at radius 2 is 0.871 bits per heavy atom. The highest BCUT2D eigenvalue weighted by Crippen LogP contribution is 2.24. The summed E-state index contributed by atoms with van der Waals surface area (Å²) in [5.74, 6) is -0.589. The molecule has 31 heavy (non-hydrogen) atoms. The van der Waals surface area contributed by atoms with Gasteiger partial charge in [0.2, 0.25) is 0 Å². The molecule has 0 amide bonds. The molecule has 1 aliphatic carbocycles. The average molecular weight is 447 g/mol. The first kappa shape index (κ1) is 28.3. The van der Waals surface area contributed by atoms with Crippen LogP contribution in [0.25, 0.3) is 0 Å². The first-order chi connectivity index (χ1) is 14.9. The smallest absolute Gasteiger partial charge is 0.306 e. The van der Waals surface area contributed by atoms with Gasteiger partial charge in [0.05, 0.1) is 0 Å². The first-order valence-corrected chi connectivity index (χ1v) is 12.5. The van der Waals surface area contributed by atoms with Crippen LogP contribution in [0.2, 0.25) is 0 Å². The van der Waals surface area contributed by atoms with Crippen molar-refractivity contribution in [3.63, 3.8) is 0 Å². The molecule has 0 aromatic heterocycles. The third-order valence-electron chi connectivity index (χ3n) is 6.32. The molecule has 0 aromatic carbocycles. The lowest BCUT2D eigenvalue weighted by atomic mass is 9.85. The van der Waals surface area contributed by atoms with Crippen molar-refractivity contribution >= 4 is 5.97 Å². The van der Waals surface area contributed by atoms with Gasteiger partial charge in [-0.15, -0.1) is 0 Å². The molecule has 1 fully saturated rings. The topological polar surface area (TPSA) is 127 Å². The lowest BCUT2D eigenvalue weighted by Gasteiger charge is -2.41. The minimum Gasteiger partial charge on any atom is -0.457 e. The summed E-state index contributed by atoms with van der Waals surface area (Å²) in [5.41, 5.74) is 0. The van der Waals surface area contributed by atoms with Crippen molar-refractivity contribution in [2.24, 2.45) is 0 Å². The van der Waals surface area contributed by atoms with Crippen molar-refractivity contribution in [2.45, 2.75) is 146 Å². The van der Waals surface area contributed by atoms with E-state index in [9.17, 15) is 30.3 Å². The molecule has 0 saturated heterocycles. The number of rotatable bonds is 17. The zero-order chi connectivity index (χ0) is 23.1. The van der Waals surface area contributed by atoms with E-state index in [2.05, 4.69) is 6.92 Å². The van der Waals surface area contributed by atoms with Crippen LogP contribution >= 0.6 is 0 Å². The van der Waals surface area contributed by atoms with Crippen LogP contribution in [0.3, 0.4) is 0 Å². The molecule has 0 spiro atoms. The molecule has 0 bridgehead atoms. The summed E-state index contributed by atoms with van der Waals surface area (Å²) in [4.78, 5) is 12.0. The van der Waals surface area contributed by atoms with Crippen LogP contribution in [0.15, 0.2) is 0 Å². The maximum absolute atomic E-state index is 12.0. The average Bonchev–Trinajstić information content (AvgIpc) is 2.76. The molecule has 0 aromatic rings. The number of ether oxygens (including phenoxy) is 1. The van der Waals surface area contributed by atoms with Crippen LogP contribution in [-0.2, 0) is 9.53 Å². The number of hydrogen-bond donors (Lipinski definition) is 5. The van der Waals surface area contributed by atoms with Gasteiger partial charge in [-0.3, -0.25) is 4.79 Å². The molecule has 0 radical (unpaired) electrons. The second-order valence-electron chi connectivity index (χ2n) is 9.11. The lowest BCUT2D eigenvalue weighted by molar-refractivity contribution is -0.233. The fraction of sp³-hybridized carbons (Fsp3) is 0.958. The van der Waals surface area contributed by atoms with Crippen molar-refractivity contribution in [3.8, 4) is 0 Å². The van der Waals surface area contributed by atoms with E-state index in [1.165, 1.54) is 70.6 Å². The quantitative estimate of drug-likeness (QED) is 0.172. The molecule has 4 atom stereocenters. The number of unbranched alkanes of at least 4 members (excludes halogenated alkanes) is 14. The zero-order valence-electron chi connectivity index (χ0n) is 19.3. The minimum atomic E-state index is -1.68. The second kappa shape index (κ2) is 16.8. The number of esters is 1. The lowest BCUT2D eigenvalue weighted by Crippen LogP contribution is -2.64. The Morgan fingerprint density at radius 3 is 1.26 bits per heavy atom. The first-order valence-electron chi connectivity index (χ1n) is 12.5. The van der Waals surface area contributed by atoms with E-state index in [0.29, 0.717) is 6.42 Å². The molecule has 7 heteroatoms. The largest absolute Gasteiger partial charge is 0.457 e. The highest BCUT2D eigenvalue weighted by Gasteiger charge is 2.50. The van der Waals surface area contributed by atoms with Gasteiger partial charge in [-0.2, -0.15) is 0 Å². The summed E-state index contributed by atoms with van der Waals surface area (Å²) in [6.45, 7) is 2.25. The summed E-state index contributed by atoms with van der Waals surface area (Å²) < 4.78 is 5.05. The SMILES string of the molecule is CCCCCCCCCCCCCCCCCC(=O)OC1C(O)C(O)C(O)C(O)C1O. The molecular formula is C24H46O7. The van der Waals surface area contributed by atoms with Gasteiger partial charge < -0.3 is 30.3 Å². The van der Waals surface area contributed by atoms with Crippen molar-refractivity contribution in [1.82, 2.24) is 0 Å². The van der Waals surface area contributed by atoms with Crippen LogP contribution in [0.1, 0.15) is 110 Å². The molecule has 4 unspecified atom stereocenters. The number of hydrogen-bond acceptors (Lipinski definition) is 7. The van der Waals surface area contributed by atoms with Gasteiger partial charge in [0.1, 0.15) is 30.5 Å². The third-order valence-corrected chi connectivity index (χ3v) is 6.32. The van der Waals surface area contributed by atoms with Gasteiger partial charge in [-0.1, -0.05) is 96.8 Å². The van der Waals surface area contributed by atoms with Gasteiger partial charge in [0, 0.05) is 6.42 Å². The van der Waals surface area contributed by atoms with E-state index in [-0.39, 0.29) is 6.42 Å². The maximum atomic E-state index is 12.0. The normalized spacial score (nSPS) is 28.6. The van der Waals surface area contributed by atoms with Crippen LogP contribution < -0.4 is 0 Å². The monoisotopic (exact) mass is 446 g/mol. The Bertz CT molecular complexity index is 443. The Balaban J connectivity index is 1.97. The summed E-state index contributed by atoms with van der Waals surface area (Å²) in [6, 6.07) is 0. The van der Waals surface area contributed by atoms with Crippen LogP contribution in [-0.4, -0.2) is 68.1 Å². The predicted molar refractivity (Wildman–Crippen MR) is 119 cm³/mol. The zero-order valence-corrected chi connectivity index (χ0v) is 19.3. The highest BCUT2D eigenvalue weighted by atomic mass is 16.6. The van der Waals surface area contributed by atoms with Gasteiger partial charge >= 0.3 is 5.97 Å². The maximum Gasteiger partial charge on any atom is 0.306 e. The van der Waals surface area contributed by atoms with Crippen molar-refractivity contribution in [1.29, 1.82) is 0 Å². The van der Waals surface area contributed by atoms with E-state index in [4.69, 9.17) is 4.74 Å². The summed E-state index contributed by atoms with van der Waals surface area (Å²) in [5, 5.41) is 48.7. The molecule has 1 saturated carbocycles. The minimum absolute atomic E-state index is 0.156. The van der Waals surface area contributed by atoms with Crippen LogP contribution in [0.5, 0.6) is 0 Å². The van der Waals surface area contributed by atoms with Gasteiger partial charge in [0.15, 0.2) is 6.10 Å². The van der Waals surface area contributed by atoms with Crippen LogP contribution in [0, 0.1) is 0 Å². The van der Waals surface area contributed by atoms with Gasteiger partial charge in [-0.25, -0.2) is 0 Å². The molecule has 1 aliphatic rings. The molecule has 5 N–H and O–H groups in total. The van der Waals surface area contributed by atoms with E-state index < -0.39 is 42.6 Å². The van der Waals surface area contributed by atoms with Crippen molar-refractivity contribution in [3.05, 3.63) is 0 Å². The summed E-state index contributed by atoms with van der Waals surface area (Å²) in [7, 11) is 0. The predicted octanol–water partition coefficient (Wildman–Crippen LogP) is 2.98. The fourth-order valence-corrected chi connectivity index (χ4v) is 4.19. The number of aliphatic hydroxyl groups excluding tert-OH is 5. The molecule has 1 rings (SSSR count). The van der Waals surface area contributed by atoms with Gasteiger partial charge in [-0.05, 0) is 6.42 Å². The van der Waals surface area contributed by atoms with E-state index in [0.717, 1.165) is 19.3 Å². The number of carbonyl (C=O) groups excluding carboxylic acids is 1. The second-order valence-corrected chi connectivity index (χ2v) is 9.11.